The topological polar surface area (TPSA) is 32.3 Å². The summed E-state index contributed by atoms with van der Waals surface area (Å²) in [7, 11) is 3.66. The molecule has 1 fully saturated rings. The Balaban J connectivity index is 1.75. The maximum atomic E-state index is 12.1. The lowest BCUT2D eigenvalue weighted by atomic mass is 9.94. The molecular formula is C18H26N2O. The molecule has 0 heterocycles. The molecule has 21 heavy (non-hydrogen) atoms. The van der Waals surface area contributed by atoms with Crippen molar-refractivity contribution in [2.24, 2.45) is 11.8 Å². The smallest absolute Gasteiger partial charge is 0.238 e. The lowest BCUT2D eigenvalue weighted by Gasteiger charge is -2.28. The average Bonchev–Trinajstić information content (AvgIpc) is 2.73. The molecule has 0 radical (unpaired) electrons. The van der Waals surface area contributed by atoms with Gasteiger partial charge in [0.15, 0.2) is 0 Å². The van der Waals surface area contributed by atoms with Gasteiger partial charge in [-0.05, 0) is 55.6 Å². The Labute approximate surface area is 127 Å². The summed E-state index contributed by atoms with van der Waals surface area (Å²) < 4.78 is 0. The van der Waals surface area contributed by atoms with Crippen molar-refractivity contribution in [2.45, 2.75) is 44.7 Å². The lowest BCUT2D eigenvalue weighted by molar-refractivity contribution is -0.130. The van der Waals surface area contributed by atoms with Crippen molar-refractivity contribution in [1.29, 1.82) is 0 Å². The van der Waals surface area contributed by atoms with Crippen LogP contribution in [0, 0.1) is 11.8 Å². The van der Waals surface area contributed by atoms with Crippen molar-refractivity contribution in [2.75, 3.05) is 14.1 Å². The molecule has 1 aromatic carbocycles. The second-order valence-electron chi connectivity index (χ2n) is 6.92. The van der Waals surface area contributed by atoms with Crippen LogP contribution in [0.5, 0.6) is 0 Å². The van der Waals surface area contributed by atoms with Gasteiger partial charge >= 0.3 is 0 Å². The van der Waals surface area contributed by atoms with Crippen LogP contribution in [0.15, 0.2) is 24.3 Å². The number of nitrogens with one attached hydrogen (secondary N) is 1. The maximum Gasteiger partial charge on any atom is 0.238 e. The summed E-state index contributed by atoms with van der Waals surface area (Å²) in [6, 6.07) is 9.26. The fourth-order valence-electron chi connectivity index (χ4n) is 4.17. The van der Waals surface area contributed by atoms with E-state index < -0.39 is 0 Å². The number of carbonyl (C=O) groups is 1. The van der Waals surface area contributed by atoms with Crippen molar-refractivity contribution in [3.8, 4) is 0 Å². The van der Waals surface area contributed by atoms with Crippen LogP contribution in [-0.2, 0) is 17.6 Å². The molecule has 3 nitrogen and oxygen atoms in total. The van der Waals surface area contributed by atoms with E-state index in [2.05, 4.69) is 29.6 Å². The Morgan fingerprint density at radius 3 is 2.14 bits per heavy atom. The number of rotatable bonds is 3. The fourth-order valence-corrected chi connectivity index (χ4v) is 4.17. The third-order valence-electron chi connectivity index (χ3n) is 5.26. The Bertz CT molecular complexity index is 493. The summed E-state index contributed by atoms with van der Waals surface area (Å²) in [5.74, 6) is 1.53. The van der Waals surface area contributed by atoms with Crippen LogP contribution in [0.25, 0.3) is 0 Å². The van der Waals surface area contributed by atoms with E-state index >= 15 is 0 Å². The first kappa shape index (κ1) is 14.6. The Morgan fingerprint density at radius 1 is 1.14 bits per heavy atom. The first-order chi connectivity index (χ1) is 10.1. The standard InChI is InChI=1S/C18H26N2O/c1-12(18(21)20(2)3)19-17-15-8-9-16(17)11-14-7-5-4-6-13(14)10-15/h4-7,12,15-17,19H,8-11H2,1-3H3. The molecule has 3 heteroatoms. The highest BCUT2D eigenvalue weighted by Crippen LogP contribution is 2.40. The van der Waals surface area contributed by atoms with Crippen molar-refractivity contribution < 1.29 is 4.79 Å². The molecule has 3 unspecified atom stereocenters. The normalized spacial score (nSPS) is 28.6. The molecule has 0 spiro atoms. The van der Waals surface area contributed by atoms with Crippen LogP contribution in [-0.4, -0.2) is 37.0 Å². The SMILES string of the molecule is CC(NC1C2CCC1Cc1ccccc1C2)C(=O)N(C)C. The number of benzene rings is 1. The second-order valence-corrected chi connectivity index (χ2v) is 6.92. The first-order valence-corrected chi connectivity index (χ1v) is 8.10. The van der Waals surface area contributed by atoms with Gasteiger partial charge < -0.3 is 10.2 Å². The molecule has 2 bridgehead atoms. The molecule has 2 aliphatic carbocycles. The van der Waals surface area contributed by atoms with E-state index in [4.69, 9.17) is 0 Å². The predicted octanol–water partition coefficient (Wildman–Crippen LogP) is 2.25. The highest BCUT2D eigenvalue weighted by atomic mass is 16.2. The quantitative estimate of drug-likeness (QED) is 0.924. The van der Waals surface area contributed by atoms with Crippen molar-refractivity contribution in [1.82, 2.24) is 10.2 Å². The van der Waals surface area contributed by atoms with Gasteiger partial charge in [0, 0.05) is 20.1 Å². The number of hydrogen-bond acceptors (Lipinski definition) is 2. The molecule has 0 saturated heterocycles. The zero-order valence-corrected chi connectivity index (χ0v) is 13.3. The van der Waals surface area contributed by atoms with Gasteiger partial charge in [-0.3, -0.25) is 4.79 Å². The molecule has 3 atom stereocenters. The van der Waals surface area contributed by atoms with Crippen LogP contribution in [0.1, 0.15) is 30.9 Å². The van der Waals surface area contributed by atoms with Crippen molar-refractivity contribution in [3.63, 3.8) is 0 Å². The second kappa shape index (κ2) is 5.80. The summed E-state index contributed by atoms with van der Waals surface area (Å²) in [5.41, 5.74) is 3.03. The molecule has 1 N–H and O–H groups in total. The molecule has 1 aromatic rings. The number of hydrogen-bond donors (Lipinski definition) is 1. The van der Waals surface area contributed by atoms with E-state index in [0.29, 0.717) is 17.9 Å². The largest absolute Gasteiger partial charge is 0.347 e. The van der Waals surface area contributed by atoms with Crippen molar-refractivity contribution >= 4 is 5.91 Å². The fraction of sp³-hybridized carbons (Fsp3) is 0.611. The highest BCUT2D eigenvalue weighted by Gasteiger charge is 2.39. The molecule has 2 aliphatic rings. The van der Waals surface area contributed by atoms with Crippen LogP contribution in [0.2, 0.25) is 0 Å². The molecule has 0 aromatic heterocycles. The van der Waals surface area contributed by atoms with Gasteiger partial charge in [0.25, 0.3) is 0 Å². The third kappa shape index (κ3) is 2.84. The third-order valence-corrected chi connectivity index (χ3v) is 5.26. The van der Waals surface area contributed by atoms with Crippen LogP contribution >= 0.6 is 0 Å². The minimum Gasteiger partial charge on any atom is -0.347 e. The summed E-state index contributed by atoms with van der Waals surface area (Å²) in [5, 5.41) is 3.65. The molecular weight excluding hydrogens is 260 g/mol. The van der Waals surface area contributed by atoms with E-state index in [1.165, 1.54) is 24.0 Å². The predicted molar refractivity (Wildman–Crippen MR) is 85.1 cm³/mol. The van der Waals surface area contributed by atoms with E-state index in [-0.39, 0.29) is 11.9 Å². The van der Waals surface area contributed by atoms with E-state index in [1.807, 2.05) is 21.0 Å². The monoisotopic (exact) mass is 286 g/mol. The Hall–Kier alpha value is -1.35. The first-order valence-electron chi connectivity index (χ1n) is 8.10. The van der Waals surface area contributed by atoms with Gasteiger partial charge in [-0.2, -0.15) is 0 Å². The number of nitrogens with zero attached hydrogens (tertiary/aromatic N) is 1. The lowest BCUT2D eigenvalue weighted by Crippen LogP contribution is -2.49. The van der Waals surface area contributed by atoms with Gasteiger partial charge in [0.2, 0.25) is 5.91 Å². The zero-order valence-electron chi connectivity index (χ0n) is 13.3. The van der Waals surface area contributed by atoms with Gasteiger partial charge in [-0.1, -0.05) is 24.3 Å². The minimum absolute atomic E-state index is 0.0886. The van der Waals surface area contributed by atoms with Crippen LogP contribution in [0.3, 0.4) is 0 Å². The Kier molecular flexibility index (Phi) is 4.03. The number of fused-ring (bicyclic) bond motifs is 3. The molecule has 1 saturated carbocycles. The van der Waals surface area contributed by atoms with E-state index in [0.717, 1.165) is 12.8 Å². The van der Waals surface area contributed by atoms with Gasteiger partial charge in [-0.25, -0.2) is 0 Å². The summed E-state index contributed by atoms with van der Waals surface area (Å²) in [6.45, 7) is 2.00. The molecule has 114 valence electrons. The van der Waals surface area contributed by atoms with Gasteiger partial charge in [-0.15, -0.1) is 0 Å². The minimum atomic E-state index is -0.0886. The van der Waals surface area contributed by atoms with E-state index in [9.17, 15) is 4.79 Å². The van der Waals surface area contributed by atoms with Crippen molar-refractivity contribution in [3.05, 3.63) is 35.4 Å². The average molecular weight is 286 g/mol. The van der Waals surface area contributed by atoms with E-state index in [1.54, 1.807) is 4.90 Å². The van der Waals surface area contributed by atoms with Crippen LogP contribution in [0.4, 0.5) is 0 Å². The molecule has 0 aliphatic heterocycles. The summed E-state index contributed by atoms with van der Waals surface area (Å²) in [4.78, 5) is 13.8. The number of likely N-dealkylation sites (N-methyl/N-ethyl adjacent to an activating group) is 1. The zero-order chi connectivity index (χ0) is 15.0. The highest BCUT2D eigenvalue weighted by molar-refractivity contribution is 5.80. The molecule has 3 rings (SSSR count). The molecule has 1 amide bonds. The number of carbonyl (C=O) groups excluding carboxylic acids is 1. The van der Waals surface area contributed by atoms with Gasteiger partial charge in [0.1, 0.15) is 0 Å². The maximum absolute atomic E-state index is 12.1. The number of amides is 1. The van der Waals surface area contributed by atoms with Gasteiger partial charge in [0.05, 0.1) is 6.04 Å². The van der Waals surface area contributed by atoms with Crippen LogP contribution < -0.4 is 5.32 Å². The summed E-state index contributed by atoms with van der Waals surface area (Å²) >= 11 is 0. The Morgan fingerprint density at radius 2 is 1.67 bits per heavy atom. The summed E-state index contributed by atoms with van der Waals surface area (Å²) in [6.07, 6.45) is 4.90.